The summed E-state index contributed by atoms with van der Waals surface area (Å²) in [6, 6.07) is 2.23. The zero-order chi connectivity index (χ0) is 8.39. The van der Waals surface area contributed by atoms with Crippen LogP contribution in [-0.4, -0.2) is 23.8 Å². The molecule has 2 aliphatic rings. The Labute approximate surface area is 72.9 Å². The van der Waals surface area contributed by atoms with Gasteiger partial charge >= 0.3 is 0 Å². The summed E-state index contributed by atoms with van der Waals surface area (Å²) in [5, 5.41) is 10.3. The summed E-state index contributed by atoms with van der Waals surface area (Å²) in [6.07, 6.45) is 6.67. The Bertz CT molecular complexity index is 193. The van der Waals surface area contributed by atoms with E-state index in [1.807, 2.05) is 0 Å². The van der Waals surface area contributed by atoms with Crippen LogP contribution in [0.3, 0.4) is 0 Å². The van der Waals surface area contributed by atoms with Gasteiger partial charge in [0, 0.05) is 0 Å². The third-order valence-electron chi connectivity index (χ3n) is 2.55. The average Bonchev–Trinajstić information content (AvgIpc) is 2.85. The molecule has 0 aromatic heterocycles. The molecule has 1 aliphatic heterocycles. The largest absolute Gasteiger partial charge is 0.294 e. The normalized spacial score (nSPS) is 35.9. The van der Waals surface area contributed by atoms with Crippen LogP contribution < -0.4 is 0 Å². The molecule has 2 fully saturated rings. The zero-order valence-electron chi connectivity index (χ0n) is 7.20. The minimum Gasteiger partial charge on any atom is -0.294 e. The quantitative estimate of drug-likeness (QED) is 0.583. The van der Waals surface area contributed by atoms with Crippen molar-refractivity contribution in [1.82, 2.24) is 5.06 Å². The first-order valence-electron chi connectivity index (χ1n) is 4.73. The van der Waals surface area contributed by atoms with Crippen molar-refractivity contribution >= 4 is 0 Å². The number of nitrogens with zero attached hydrogens (tertiary/aromatic N) is 2. The lowest BCUT2D eigenvalue weighted by atomic mass is 9.98. The first-order valence-corrected chi connectivity index (χ1v) is 4.73. The lowest BCUT2D eigenvalue weighted by Crippen LogP contribution is -2.20. The summed E-state index contributed by atoms with van der Waals surface area (Å²) < 4.78 is 0. The van der Waals surface area contributed by atoms with E-state index in [9.17, 15) is 0 Å². The molecule has 1 saturated heterocycles. The third-order valence-corrected chi connectivity index (χ3v) is 2.55. The number of hydrogen-bond donors (Lipinski definition) is 0. The van der Waals surface area contributed by atoms with Crippen molar-refractivity contribution in [2.45, 2.75) is 44.2 Å². The van der Waals surface area contributed by atoms with Crippen LogP contribution in [0.25, 0.3) is 0 Å². The monoisotopic (exact) mass is 166 g/mol. The molecule has 0 N–H and O–H groups in total. The summed E-state index contributed by atoms with van der Waals surface area (Å²) in [7, 11) is 0. The lowest BCUT2D eigenvalue weighted by molar-refractivity contribution is -0.133. The number of hydroxylamine groups is 2. The van der Waals surface area contributed by atoms with Crippen LogP contribution in [-0.2, 0) is 4.84 Å². The molecule has 2 unspecified atom stereocenters. The van der Waals surface area contributed by atoms with E-state index in [4.69, 9.17) is 10.1 Å². The van der Waals surface area contributed by atoms with Crippen LogP contribution in [0.15, 0.2) is 0 Å². The molecule has 0 amide bonds. The van der Waals surface area contributed by atoms with Crippen molar-refractivity contribution in [3.05, 3.63) is 0 Å². The van der Waals surface area contributed by atoms with E-state index < -0.39 is 0 Å². The van der Waals surface area contributed by atoms with Gasteiger partial charge in [-0.3, -0.25) is 4.84 Å². The van der Waals surface area contributed by atoms with Crippen molar-refractivity contribution in [2.75, 3.05) is 6.54 Å². The van der Waals surface area contributed by atoms with Crippen molar-refractivity contribution in [1.29, 1.82) is 5.26 Å². The molecule has 1 heterocycles. The van der Waals surface area contributed by atoms with E-state index >= 15 is 0 Å². The van der Waals surface area contributed by atoms with Crippen LogP contribution in [0.4, 0.5) is 0 Å². The Morgan fingerprint density at radius 1 is 1.25 bits per heavy atom. The molecule has 0 radical (unpaired) electrons. The Kier molecular flexibility index (Phi) is 2.29. The topological polar surface area (TPSA) is 36.0 Å². The van der Waals surface area contributed by atoms with Crippen LogP contribution in [0.5, 0.6) is 0 Å². The van der Waals surface area contributed by atoms with Gasteiger partial charge in [0.15, 0.2) is 0 Å². The van der Waals surface area contributed by atoms with Gasteiger partial charge in [-0.05, 0) is 12.8 Å². The molecule has 1 aliphatic carbocycles. The highest BCUT2D eigenvalue weighted by atomic mass is 16.7. The molecule has 12 heavy (non-hydrogen) atoms. The average molecular weight is 166 g/mol. The van der Waals surface area contributed by atoms with Gasteiger partial charge in [0.05, 0.1) is 18.7 Å². The summed E-state index contributed by atoms with van der Waals surface area (Å²) in [4.78, 5) is 5.62. The Morgan fingerprint density at radius 2 is 2.00 bits per heavy atom. The molecular weight excluding hydrogens is 152 g/mol. The van der Waals surface area contributed by atoms with E-state index in [1.54, 1.807) is 5.06 Å². The highest BCUT2D eigenvalue weighted by Crippen LogP contribution is 2.26. The van der Waals surface area contributed by atoms with Crippen LogP contribution in [0.1, 0.15) is 32.1 Å². The molecule has 2 atom stereocenters. The van der Waals surface area contributed by atoms with Crippen molar-refractivity contribution in [3.63, 3.8) is 0 Å². The predicted molar refractivity (Wildman–Crippen MR) is 44.1 cm³/mol. The Morgan fingerprint density at radius 3 is 2.58 bits per heavy atom. The second-order valence-corrected chi connectivity index (χ2v) is 3.61. The van der Waals surface area contributed by atoms with Crippen LogP contribution >= 0.6 is 0 Å². The summed E-state index contributed by atoms with van der Waals surface area (Å²) in [5.41, 5.74) is 0. The standard InChI is InChI=1S/C9H14N2O/c10-6-8-7-11(8)12-9-4-2-1-3-5-9/h8-9H,1-5,7H2. The van der Waals surface area contributed by atoms with E-state index in [2.05, 4.69) is 6.07 Å². The molecule has 0 spiro atoms. The van der Waals surface area contributed by atoms with Gasteiger partial charge in [-0.1, -0.05) is 19.3 Å². The molecular formula is C9H14N2O. The minimum atomic E-state index is 0.0481. The maximum Gasteiger partial charge on any atom is 0.137 e. The molecule has 66 valence electrons. The molecule has 0 aromatic rings. The van der Waals surface area contributed by atoms with E-state index in [0.29, 0.717) is 6.10 Å². The number of rotatable bonds is 2. The smallest absolute Gasteiger partial charge is 0.137 e. The highest BCUT2D eigenvalue weighted by molar-refractivity contribution is 5.02. The fourth-order valence-electron chi connectivity index (χ4n) is 1.71. The van der Waals surface area contributed by atoms with E-state index in [-0.39, 0.29) is 6.04 Å². The van der Waals surface area contributed by atoms with Crippen molar-refractivity contribution in [2.24, 2.45) is 0 Å². The molecule has 3 nitrogen and oxygen atoms in total. The summed E-state index contributed by atoms with van der Waals surface area (Å²) >= 11 is 0. The zero-order valence-corrected chi connectivity index (χ0v) is 7.20. The second kappa shape index (κ2) is 3.42. The Balaban J connectivity index is 1.70. The third kappa shape index (κ3) is 1.77. The predicted octanol–water partition coefficient (Wildman–Crippen LogP) is 1.46. The second-order valence-electron chi connectivity index (χ2n) is 3.61. The number of nitriles is 1. The van der Waals surface area contributed by atoms with Gasteiger partial charge in [-0.2, -0.15) is 10.3 Å². The summed E-state index contributed by atoms with van der Waals surface area (Å²) in [5.74, 6) is 0. The fraction of sp³-hybridized carbons (Fsp3) is 0.889. The Hall–Kier alpha value is -0.590. The minimum absolute atomic E-state index is 0.0481. The molecule has 2 rings (SSSR count). The van der Waals surface area contributed by atoms with Gasteiger partial charge in [0.2, 0.25) is 0 Å². The first-order chi connectivity index (χ1) is 5.90. The van der Waals surface area contributed by atoms with Gasteiger partial charge < -0.3 is 0 Å². The maximum atomic E-state index is 8.53. The maximum absolute atomic E-state index is 8.53. The van der Waals surface area contributed by atoms with Gasteiger partial charge in [0.1, 0.15) is 6.04 Å². The van der Waals surface area contributed by atoms with E-state index in [1.165, 1.54) is 32.1 Å². The van der Waals surface area contributed by atoms with E-state index in [0.717, 1.165) is 6.54 Å². The SMILES string of the molecule is N#CC1CN1OC1CCCCC1. The molecule has 0 bridgehead atoms. The van der Waals surface area contributed by atoms with Crippen molar-refractivity contribution < 1.29 is 4.84 Å². The van der Waals surface area contributed by atoms with Crippen LogP contribution in [0.2, 0.25) is 0 Å². The molecule has 0 aromatic carbocycles. The summed E-state index contributed by atoms with van der Waals surface area (Å²) in [6.45, 7) is 0.812. The van der Waals surface area contributed by atoms with Crippen molar-refractivity contribution in [3.8, 4) is 6.07 Å². The molecule has 1 saturated carbocycles. The lowest BCUT2D eigenvalue weighted by Gasteiger charge is -2.21. The van der Waals surface area contributed by atoms with Crippen LogP contribution in [0, 0.1) is 11.3 Å². The number of hydrogen-bond acceptors (Lipinski definition) is 3. The molecule has 3 heteroatoms. The first kappa shape index (κ1) is 8.03. The highest BCUT2D eigenvalue weighted by Gasteiger charge is 2.37. The van der Waals surface area contributed by atoms with Gasteiger partial charge in [-0.25, -0.2) is 0 Å². The van der Waals surface area contributed by atoms with Gasteiger partial charge in [0.25, 0.3) is 0 Å². The fourth-order valence-corrected chi connectivity index (χ4v) is 1.71. The van der Waals surface area contributed by atoms with Gasteiger partial charge in [-0.15, -0.1) is 0 Å².